The molecule has 3 aliphatic heterocycles. The van der Waals surface area contributed by atoms with Crippen LogP contribution in [-0.2, 0) is 21.3 Å². The molecule has 1 N–H and O–H groups in total. The zero-order valence-corrected chi connectivity index (χ0v) is 30.3. The van der Waals surface area contributed by atoms with Crippen molar-refractivity contribution in [3.8, 4) is 5.75 Å². The van der Waals surface area contributed by atoms with Gasteiger partial charge in [0.1, 0.15) is 22.7 Å². The fourth-order valence-corrected chi connectivity index (χ4v) is 8.15. The third-order valence-corrected chi connectivity index (χ3v) is 11.5. The predicted octanol–water partition coefficient (Wildman–Crippen LogP) is 6.48. The maximum atomic E-state index is 15.2. The summed E-state index contributed by atoms with van der Waals surface area (Å²) in [6.45, 7) is 14.5. The normalized spacial score (nSPS) is 27.9. The van der Waals surface area contributed by atoms with Gasteiger partial charge in [-0.05, 0) is 68.0 Å². The fourth-order valence-electron chi connectivity index (χ4n) is 7.89. The van der Waals surface area contributed by atoms with Crippen molar-refractivity contribution in [1.29, 1.82) is 0 Å². The molecule has 0 spiro atoms. The molecule has 9 nitrogen and oxygen atoms in total. The van der Waals surface area contributed by atoms with Crippen molar-refractivity contribution < 1.29 is 19.4 Å². The molecule has 0 bridgehead atoms. The minimum atomic E-state index is -1.04. The molecule has 4 heterocycles. The number of likely N-dealkylation sites (tertiary alicyclic amines) is 2. The van der Waals surface area contributed by atoms with Gasteiger partial charge in [-0.2, -0.15) is 0 Å². The minimum Gasteiger partial charge on any atom is -0.493 e. The van der Waals surface area contributed by atoms with E-state index in [-0.39, 0.29) is 35.1 Å². The van der Waals surface area contributed by atoms with Crippen molar-refractivity contribution in [3.63, 3.8) is 0 Å². The third-order valence-electron chi connectivity index (χ3n) is 11.0. The number of piperidine rings is 1. The first-order chi connectivity index (χ1) is 23.2. The Morgan fingerprint density at radius 1 is 0.918 bits per heavy atom. The van der Waals surface area contributed by atoms with E-state index in [1.54, 1.807) is 11.1 Å². The zero-order chi connectivity index (χ0) is 35.0. The average Bonchev–Trinajstić information content (AvgIpc) is 3.42. The summed E-state index contributed by atoms with van der Waals surface area (Å²) in [6.07, 6.45) is 1.33. The molecule has 0 radical (unpaired) electrons. The molecule has 3 aromatic rings. The van der Waals surface area contributed by atoms with E-state index in [9.17, 15) is 9.90 Å². The number of carbonyl (C=O) groups excluding carboxylic acids is 2. The first-order valence-corrected chi connectivity index (χ1v) is 17.7. The Morgan fingerprint density at radius 3 is 2.02 bits per heavy atom. The highest BCUT2D eigenvalue weighted by Crippen LogP contribution is 2.57. The van der Waals surface area contributed by atoms with Crippen LogP contribution in [0.15, 0.2) is 65.8 Å². The van der Waals surface area contributed by atoms with E-state index >= 15 is 4.79 Å². The Labute approximate surface area is 297 Å². The number of aromatic nitrogens is 1. The summed E-state index contributed by atoms with van der Waals surface area (Å²) in [4.78, 5) is 44.1. The van der Waals surface area contributed by atoms with Crippen molar-refractivity contribution in [3.05, 3.63) is 93.2 Å². The van der Waals surface area contributed by atoms with E-state index in [0.29, 0.717) is 60.0 Å². The van der Waals surface area contributed by atoms with Gasteiger partial charge in [0, 0.05) is 65.5 Å². The van der Waals surface area contributed by atoms with Gasteiger partial charge >= 0.3 is 6.03 Å². The number of fused-ring (bicyclic) bond motifs is 1. The standard InChI is InChI=1S/C38H43Cl2N5O4/c1-7-49-30-16-31(36(2,3)4)41-17-27(30)33-42-37(5,22-8-12-24(39)13-9-22)38(6,23-10-14-25(40)15-11-23)45(33)35(48)44-20-28-29(21-44)32(28)34(47)43-18-26(46)19-43/h8-17,26,28-29,32,46H,7,18-21H2,1-6H3/t28-,29+,32?,37-,38-/m1/s1. The molecule has 1 aliphatic carbocycles. The zero-order valence-electron chi connectivity index (χ0n) is 28.8. The molecule has 1 unspecified atom stereocenters. The van der Waals surface area contributed by atoms with Gasteiger partial charge in [-0.3, -0.25) is 19.7 Å². The molecule has 4 aliphatic rings. The Hall–Kier alpha value is -3.66. The fraction of sp³-hybridized carbons (Fsp3) is 0.474. The van der Waals surface area contributed by atoms with Crippen molar-refractivity contribution in [2.75, 3.05) is 32.8 Å². The largest absolute Gasteiger partial charge is 0.493 e. The number of pyridine rings is 1. The van der Waals surface area contributed by atoms with E-state index < -0.39 is 17.2 Å². The van der Waals surface area contributed by atoms with Gasteiger partial charge in [-0.1, -0.05) is 68.2 Å². The molecule has 3 fully saturated rings. The Bertz CT molecular complexity index is 1810. The van der Waals surface area contributed by atoms with Gasteiger partial charge in [-0.25, -0.2) is 4.79 Å². The quantitative estimate of drug-likeness (QED) is 0.317. The van der Waals surface area contributed by atoms with Crippen LogP contribution >= 0.6 is 23.2 Å². The van der Waals surface area contributed by atoms with Crippen molar-refractivity contribution in [2.24, 2.45) is 22.7 Å². The van der Waals surface area contributed by atoms with Gasteiger partial charge in [0.25, 0.3) is 0 Å². The highest BCUT2D eigenvalue weighted by molar-refractivity contribution is 6.30. The van der Waals surface area contributed by atoms with E-state index in [1.165, 1.54) is 0 Å². The lowest BCUT2D eigenvalue weighted by Crippen LogP contribution is -2.58. The van der Waals surface area contributed by atoms with E-state index in [0.717, 1.165) is 16.8 Å². The first kappa shape index (κ1) is 33.8. The first-order valence-electron chi connectivity index (χ1n) is 17.0. The number of amides is 3. The van der Waals surface area contributed by atoms with Crippen molar-refractivity contribution in [1.82, 2.24) is 19.7 Å². The maximum Gasteiger partial charge on any atom is 0.326 e. The third kappa shape index (κ3) is 5.49. The number of ether oxygens (including phenoxy) is 1. The summed E-state index contributed by atoms with van der Waals surface area (Å²) in [5, 5.41) is 10.9. The number of nitrogens with zero attached hydrogens (tertiary/aromatic N) is 5. The number of carbonyl (C=O) groups is 2. The molecule has 2 saturated heterocycles. The number of β-amino-alcohol motifs (C(OH)–C–C–N with tert-alkyl or cyclic N) is 1. The number of aliphatic hydroxyl groups excluding tert-OH is 1. The molecule has 11 heteroatoms. The predicted molar refractivity (Wildman–Crippen MR) is 190 cm³/mol. The Balaban J connectivity index is 1.35. The minimum absolute atomic E-state index is 0.0866. The van der Waals surface area contributed by atoms with Gasteiger partial charge in [0.2, 0.25) is 5.91 Å². The number of rotatable bonds is 6. The second-order valence-electron chi connectivity index (χ2n) is 15.1. The van der Waals surface area contributed by atoms with Crippen LogP contribution < -0.4 is 4.74 Å². The molecular formula is C38H43Cl2N5O4. The summed E-state index contributed by atoms with van der Waals surface area (Å²) in [5.41, 5.74) is 0.962. The van der Waals surface area contributed by atoms with Crippen molar-refractivity contribution >= 4 is 41.0 Å². The number of aliphatic imine (C=N–C) groups is 1. The van der Waals surface area contributed by atoms with Crippen LogP contribution in [0.25, 0.3) is 0 Å². The summed E-state index contributed by atoms with van der Waals surface area (Å²) in [5.74, 6) is 1.22. The molecule has 1 aromatic heterocycles. The SMILES string of the molecule is CCOc1cc(C(C)(C)C)ncc1C1=N[C@](C)(c2ccc(Cl)cc2)[C@@](C)(c2ccc(Cl)cc2)N1C(=O)N1C[C@@H]2C(C(=O)N3CC(O)C3)[C@@H]2C1. The van der Waals surface area contributed by atoms with E-state index in [2.05, 4.69) is 27.7 Å². The van der Waals surface area contributed by atoms with Crippen LogP contribution in [0.2, 0.25) is 10.0 Å². The molecule has 1 saturated carbocycles. The van der Waals surface area contributed by atoms with Gasteiger partial charge in [0.15, 0.2) is 0 Å². The highest BCUT2D eigenvalue weighted by atomic mass is 35.5. The van der Waals surface area contributed by atoms with Crippen LogP contribution in [0.4, 0.5) is 4.79 Å². The van der Waals surface area contributed by atoms with Crippen LogP contribution in [0.5, 0.6) is 5.75 Å². The summed E-state index contributed by atoms with van der Waals surface area (Å²) < 4.78 is 6.26. The van der Waals surface area contributed by atoms with Crippen LogP contribution in [-0.4, -0.2) is 81.5 Å². The molecule has 2 aromatic carbocycles. The number of hydrogen-bond donors (Lipinski definition) is 1. The van der Waals surface area contributed by atoms with Crippen LogP contribution in [0.1, 0.15) is 63.9 Å². The second kappa shape index (κ2) is 12.0. The number of halogens is 2. The summed E-state index contributed by atoms with van der Waals surface area (Å²) in [6, 6.07) is 17.0. The van der Waals surface area contributed by atoms with Crippen LogP contribution in [0, 0.1) is 17.8 Å². The number of hydrogen-bond acceptors (Lipinski definition) is 6. The number of urea groups is 1. The smallest absolute Gasteiger partial charge is 0.326 e. The number of benzene rings is 2. The monoisotopic (exact) mass is 703 g/mol. The van der Waals surface area contributed by atoms with Crippen molar-refractivity contribution in [2.45, 2.75) is 64.1 Å². The lowest BCUT2D eigenvalue weighted by molar-refractivity contribution is -0.143. The van der Waals surface area contributed by atoms with Gasteiger partial charge < -0.3 is 19.6 Å². The summed E-state index contributed by atoms with van der Waals surface area (Å²) >= 11 is 12.8. The molecule has 5 atom stereocenters. The lowest BCUT2D eigenvalue weighted by Gasteiger charge is -2.46. The number of amidine groups is 1. The topological polar surface area (TPSA) is 98.6 Å². The summed E-state index contributed by atoms with van der Waals surface area (Å²) in [7, 11) is 0. The highest BCUT2D eigenvalue weighted by Gasteiger charge is 2.65. The molecule has 49 heavy (non-hydrogen) atoms. The van der Waals surface area contributed by atoms with Gasteiger partial charge in [-0.15, -0.1) is 0 Å². The maximum absolute atomic E-state index is 15.2. The average molecular weight is 705 g/mol. The van der Waals surface area contributed by atoms with E-state index in [4.69, 9.17) is 37.9 Å². The van der Waals surface area contributed by atoms with Crippen LogP contribution in [0.3, 0.4) is 0 Å². The molecular weight excluding hydrogens is 661 g/mol. The van der Waals surface area contributed by atoms with E-state index in [1.807, 2.05) is 78.2 Å². The molecule has 7 rings (SSSR count). The Morgan fingerprint density at radius 2 is 1.49 bits per heavy atom. The van der Waals surface area contributed by atoms with Gasteiger partial charge in [0.05, 0.1) is 18.3 Å². The molecule has 3 amide bonds. The number of aliphatic hydroxyl groups is 1. The molecule has 258 valence electrons. The Kier molecular flexibility index (Phi) is 8.28. The lowest BCUT2D eigenvalue weighted by atomic mass is 9.71. The second-order valence-corrected chi connectivity index (χ2v) is 16.0.